The first-order valence-corrected chi connectivity index (χ1v) is 8.85. The van der Waals surface area contributed by atoms with Crippen molar-refractivity contribution in [3.63, 3.8) is 0 Å². The first-order chi connectivity index (χ1) is 12.7. The van der Waals surface area contributed by atoms with Crippen molar-refractivity contribution in [2.75, 3.05) is 20.3 Å². The Balaban J connectivity index is 1.74. The molecular formula is C20H24N2O4. The van der Waals surface area contributed by atoms with Gasteiger partial charge < -0.3 is 9.47 Å². The van der Waals surface area contributed by atoms with Crippen LogP contribution in [0.4, 0.5) is 5.69 Å². The largest absolute Gasteiger partial charge is 0.496 e. The second-order valence-electron chi connectivity index (χ2n) is 6.54. The Kier molecular flexibility index (Phi) is 6.20. The molecule has 6 heteroatoms. The Bertz CT molecular complexity index is 727. The number of methoxy groups -OCH3 is 1. The van der Waals surface area contributed by atoms with Crippen LogP contribution in [0.2, 0.25) is 0 Å². The molecule has 2 aromatic carbocycles. The highest BCUT2D eigenvalue weighted by Gasteiger charge is 2.20. The van der Waals surface area contributed by atoms with E-state index in [1.165, 1.54) is 0 Å². The van der Waals surface area contributed by atoms with Gasteiger partial charge in [0, 0.05) is 43.9 Å². The molecule has 0 aliphatic carbocycles. The van der Waals surface area contributed by atoms with Gasteiger partial charge in [-0.2, -0.15) is 0 Å². The van der Waals surface area contributed by atoms with Crippen LogP contribution in [0.25, 0.3) is 0 Å². The summed E-state index contributed by atoms with van der Waals surface area (Å²) in [5.74, 6) is 0.869. The third kappa shape index (κ3) is 4.80. The predicted molar refractivity (Wildman–Crippen MR) is 99.2 cm³/mol. The number of hydrogen-bond donors (Lipinski definition) is 0. The molecule has 3 rings (SSSR count). The number of hydrogen-bond acceptors (Lipinski definition) is 5. The van der Waals surface area contributed by atoms with E-state index in [4.69, 9.17) is 9.47 Å². The van der Waals surface area contributed by atoms with E-state index in [-0.39, 0.29) is 16.7 Å². The van der Waals surface area contributed by atoms with E-state index in [2.05, 4.69) is 11.0 Å². The van der Waals surface area contributed by atoms with Gasteiger partial charge in [-0.25, -0.2) is 0 Å². The van der Waals surface area contributed by atoms with Crippen molar-refractivity contribution in [3.05, 3.63) is 69.8 Å². The Hall–Kier alpha value is -2.44. The minimum Gasteiger partial charge on any atom is -0.496 e. The maximum absolute atomic E-state index is 10.8. The molecule has 0 radical (unpaired) electrons. The van der Waals surface area contributed by atoms with E-state index >= 15 is 0 Å². The van der Waals surface area contributed by atoms with Crippen molar-refractivity contribution in [1.29, 1.82) is 0 Å². The first kappa shape index (κ1) is 18.4. The second-order valence-corrected chi connectivity index (χ2v) is 6.54. The van der Waals surface area contributed by atoms with Gasteiger partial charge in [-0.15, -0.1) is 0 Å². The van der Waals surface area contributed by atoms with Crippen LogP contribution in [0, 0.1) is 10.1 Å². The molecule has 0 aromatic heterocycles. The summed E-state index contributed by atoms with van der Waals surface area (Å²) in [6.07, 6.45) is 2.41. The van der Waals surface area contributed by atoms with Crippen molar-refractivity contribution in [2.45, 2.75) is 32.0 Å². The molecule has 1 aliphatic heterocycles. The van der Waals surface area contributed by atoms with Crippen LogP contribution < -0.4 is 4.74 Å². The van der Waals surface area contributed by atoms with E-state index < -0.39 is 0 Å². The molecule has 1 aliphatic rings. The van der Waals surface area contributed by atoms with E-state index in [1.54, 1.807) is 19.2 Å². The molecule has 0 amide bonds. The van der Waals surface area contributed by atoms with Gasteiger partial charge in [0.2, 0.25) is 0 Å². The maximum atomic E-state index is 10.8. The van der Waals surface area contributed by atoms with Crippen LogP contribution in [-0.2, 0) is 17.8 Å². The van der Waals surface area contributed by atoms with Gasteiger partial charge in [0.05, 0.1) is 18.1 Å². The Morgan fingerprint density at radius 2 is 1.96 bits per heavy atom. The molecule has 1 fully saturated rings. The lowest BCUT2D eigenvalue weighted by Crippen LogP contribution is -2.31. The highest BCUT2D eigenvalue weighted by atomic mass is 16.6. The lowest BCUT2D eigenvalue weighted by Gasteiger charge is -2.26. The van der Waals surface area contributed by atoms with Gasteiger partial charge in [0.1, 0.15) is 5.75 Å². The molecule has 0 bridgehead atoms. The maximum Gasteiger partial charge on any atom is 0.269 e. The molecule has 1 saturated heterocycles. The van der Waals surface area contributed by atoms with E-state index in [0.29, 0.717) is 6.54 Å². The Morgan fingerprint density at radius 1 is 1.19 bits per heavy atom. The topological polar surface area (TPSA) is 64.8 Å². The average molecular weight is 356 g/mol. The molecule has 2 aromatic rings. The van der Waals surface area contributed by atoms with E-state index in [1.807, 2.05) is 30.3 Å². The Labute approximate surface area is 153 Å². The molecule has 6 nitrogen and oxygen atoms in total. The summed E-state index contributed by atoms with van der Waals surface area (Å²) < 4.78 is 11.3. The minimum absolute atomic E-state index is 0.115. The lowest BCUT2D eigenvalue weighted by atomic mass is 10.1. The lowest BCUT2D eigenvalue weighted by molar-refractivity contribution is -0.384. The summed E-state index contributed by atoms with van der Waals surface area (Å²) in [6, 6.07) is 14.8. The van der Waals surface area contributed by atoms with Crippen molar-refractivity contribution in [2.24, 2.45) is 0 Å². The zero-order valence-corrected chi connectivity index (χ0v) is 15.0. The zero-order valence-electron chi connectivity index (χ0n) is 15.0. The van der Waals surface area contributed by atoms with Crippen LogP contribution in [0.3, 0.4) is 0 Å². The fourth-order valence-electron chi connectivity index (χ4n) is 3.32. The van der Waals surface area contributed by atoms with Gasteiger partial charge in [-0.3, -0.25) is 15.0 Å². The SMILES string of the molecule is COc1ccccc1CN(Cc1ccc([N+](=O)[O-])cc1)C[C@@H]1CCCO1. The molecule has 138 valence electrons. The molecule has 1 atom stereocenters. The highest BCUT2D eigenvalue weighted by molar-refractivity contribution is 5.34. The predicted octanol–water partition coefficient (Wildman–Crippen LogP) is 3.78. The first-order valence-electron chi connectivity index (χ1n) is 8.85. The number of ether oxygens (including phenoxy) is 2. The standard InChI is InChI=1S/C20H24N2O4/c1-25-20-7-3-2-5-17(20)14-21(15-19-6-4-12-26-19)13-16-8-10-18(11-9-16)22(23)24/h2-3,5,7-11,19H,4,6,12-15H2,1H3/t19-/m0/s1. The summed E-state index contributed by atoms with van der Waals surface area (Å²) in [6.45, 7) is 3.09. The van der Waals surface area contributed by atoms with Crippen LogP contribution in [0.1, 0.15) is 24.0 Å². The van der Waals surface area contributed by atoms with Crippen molar-refractivity contribution < 1.29 is 14.4 Å². The van der Waals surface area contributed by atoms with Gasteiger partial charge in [-0.1, -0.05) is 30.3 Å². The van der Waals surface area contributed by atoms with E-state index in [0.717, 1.165) is 49.4 Å². The van der Waals surface area contributed by atoms with Crippen molar-refractivity contribution in [3.8, 4) is 5.75 Å². The Morgan fingerprint density at radius 3 is 2.62 bits per heavy atom. The van der Waals surface area contributed by atoms with Crippen LogP contribution >= 0.6 is 0 Å². The number of nitro groups is 1. The summed E-state index contributed by atoms with van der Waals surface area (Å²) in [5.41, 5.74) is 2.28. The number of nitrogens with zero attached hydrogens (tertiary/aromatic N) is 2. The summed E-state index contributed by atoms with van der Waals surface area (Å²) in [7, 11) is 1.68. The monoisotopic (exact) mass is 356 g/mol. The molecule has 0 spiro atoms. The fourth-order valence-corrected chi connectivity index (χ4v) is 3.32. The third-order valence-electron chi connectivity index (χ3n) is 4.63. The number of non-ortho nitro benzene ring substituents is 1. The smallest absolute Gasteiger partial charge is 0.269 e. The number of rotatable bonds is 8. The molecule has 0 saturated carbocycles. The summed E-state index contributed by atoms with van der Waals surface area (Å²) in [4.78, 5) is 12.8. The molecular weight excluding hydrogens is 332 g/mol. The normalized spacial score (nSPS) is 16.8. The third-order valence-corrected chi connectivity index (χ3v) is 4.63. The van der Waals surface area contributed by atoms with Crippen molar-refractivity contribution in [1.82, 2.24) is 4.90 Å². The van der Waals surface area contributed by atoms with Crippen molar-refractivity contribution >= 4 is 5.69 Å². The second kappa shape index (κ2) is 8.78. The minimum atomic E-state index is -0.372. The van der Waals surface area contributed by atoms with Gasteiger partial charge in [0.15, 0.2) is 0 Å². The quantitative estimate of drug-likeness (QED) is 0.532. The number of benzene rings is 2. The van der Waals surface area contributed by atoms with E-state index in [9.17, 15) is 10.1 Å². The number of nitro benzene ring substituents is 1. The molecule has 1 heterocycles. The van der Waals surface area contributed by atoms with Gasteiger partial charge in [-0.05, 0) is 24.5 Å². The van der Waals surface area contributed by atoms with Crippen LogP contribution in [-0.4, -0.2) is 36.2 Å². The summed E-state index contributed by atoms with van der Waals surface area (Å²) in [5, 5.41) is 10.8. The highest BCUT2D eigenvalue weighted by Crippen LogP contribution is 2.23. The average Bonchev–Trinajstić information content (AvgIpc) is 3.15. The van der Waals surface area contributed by atoms with Gasteiger partial charge in [0.25, 0.3) is 5.69 Å². The molecule has 0 unspecified atom stereocenters. The summed E-state index contributed by atoms with van der Waals surface area (Å²) >= 11 is 0. The zero-order chi connectivity index (χ0) is 18.4. The van der Waals surface area contributed by atoms with Crippen LogP contribution in [0.15, 0.2) is 48.5 Å². The molecule has 26 heavy (non-hydrogen) atoms. The fraction of sp³-hybridized carbons (Fsp3) is 0.400. The van der Waals surface area contributed by atoms with Gasteiger partial charge >= 0.3 is 0 Å². The number of para-hydroxylation sites is 1. The molecule has 0 N–H and O–H groups in total. The van der Waals surface area contributed by atoms with Crippen LogP contribution in [0.5, 0.6) is 5.75 Å².